The molecule has 2 heterocycles. The van der Waals surface area contributed by atoms with Crippen molar-refractivity contribution in [3.63, 3.8) is 0 Å². The lowest BCUT2D eigenvalue weighted by Gasteiger charge is -2.26. The third-order valence-corrected chi connectivity index (χ3v) is 4.65. The van der Waals surface area contributed by atoms with E-state index in [-0.39, 0.29) is 0 Å². The number of halogens is 1. The molecular formula is C14H18ClN5OS. The van der Waals surface area contributed by atoms with Gasteiger partial charge in [-0.2, -0.15) is 0 Å². The van der Waals surface area contributed by atoms with E-state index >= 15 is 0 Å². The molecule has 8 heteroatoms. The number of hydrogen-bond donors (Lipinski definition) is 1. The van der Waals surface area contributed by atoms with Crippen molar-refractivity contribution in [2.75, 3.05) is 44.4 Å². The van der Waals surface area contributed by atoms with Crippen LogP contribution in [0.15, 0.2) is 29.4 Å². The molecule has 0 bridgehead atoms. The van der Waals surface area contributed by atoms with Crippen LogP contribution < -0.4 is 5.84 Å². The number of benzene rings is 1. The third-order valence-electron chi connectivity index (χ3n) is 3.49. The van der Waals surface area contributed by atoms with Crippen LogP contribution in [-0.2, 0) is 4.74 Å². The van der Waals surface area contributed by atoms with Crippen molar-refractivity contribution < 1.29 is 4.74 Å². The summed E-state index contributed by atoms with van der Waals surface area (Å²) in [5.41, 5.74) is 0.863. The maximum absolute atomic E-state index is 6.10. The van der Waals surface area contributed by atoms with Gasteiger partial charge in [0, 0.05) is 36.0 Å². The number of nitrogens with two attached hydrogens (primary N) is 1. The molecule has 2 aromatic rings. The molecule has 1 saturated heterocycles. The smallest absolute Gasteiger partial charge is 0.210 e. The molecule has 22 heavy (non-hydrogen) atoms. The Kier molecular flexibility index (Phi) is 5.20. The number of thioether (sulfide) groups is 1. The molecule has 0 atom stereocenters. The standard InChI is InChI=1S/C14H18ClN5OS/c15-12-3-1-2-11(10-12)13-17-18-14(20(13)16)22-9-6-19-4-7-21-8-5-19/h1-3,10H,4-9,16H2. The molecule has 1 aromatic carbocycles. The van der Waals surface area contributed by atoms with E-state index in [2.05, 4.69) is 15.1 Å². The summed E-state index contributed by atoms with van der Waals surface area (Å²) in [5, 5.41) is 9.70. The van der Waals surface area contributed by atoms with Gasteiger partial charge in [-0.15, -0.1) is 10.2 Å². The fourth-order valence-corrected chi connectivity index (χ4v) is 3.34. The zero-order valence-corrected chi connectivity index (χ0v) is 13.7. The average molecular weight is 340 g/mol. The van der Waals surface area contributed by atoms with Gasteiger partial charge in [0.1, 0.15) is 0 Å². The van der Waals surface area contributed by atoms with Crippen molar-refractivity contribution in [1.29, 1.82) is 0 Å². The van der Waals surface area contributed by atoms with Gasteiger partial charge in [-0.25, -0.2) is 4.68 Å². The SMILES string of the molecule is Nn1c(SCCN2CCOCC2)nnc1-c1cccc(Cl)c1. The van der Waals surface area contributed by atoms with Crippen LogP contribution in [0, 0.1) is 0 Å². The van der Waals surface area contributed by atoms with Crippen molar-refractivity contribution in [3.8, 4) is 11.4 Å². The molecule has 0 saturated carbocycles. The number of nitrogen functional groups attached to an aromatic ring is 1. The summed E-state index contributed by atoms with van der Waals surface area (Å²) in [6, 6.07) is 7.44. The summed E-state index contributed by atoms with van der Waals surface area (Å²) in [6.45, 7) is 4.61. The van der Waals surface area contributed by atoms with Crippen molar-refractivity contribution in [2.45, 2.75) is 5.16 Å². The zero-order chi connectivity index (χ0) is 15.4. The van der Waals surface area contributed by atoms with Gasteiger partial charge in [0.25, 0.3) is 0 Å². The van der Waals surface area contributed by atoms with E-state index in [0.29, 0.717) is 16.0 Å². The van der Waals surface area contributed by atoms with E-state index in [0.717, 1.165) is 44.2 Å². The Balaban J connectivity index is 1.61. The van der Waals surface area contributed by atoms with E-state index in [4.69, 9.17) is 22.2 Å². The van der Waals surface area contributed by atoms with Gasteiger partial charge in [0.05, 0.1) is 13.2 Å². The summed E-state index contributed by atoms with van der Waals surface area (Å²) >= 11 is 7.61. The number of ether oxygens (including phenoxy) is 1. The predicted molar refractivity (Wildman–Crippen MR) is 88.6 cm³/mol. The Morgan fingerprint density at radius 2 is 2.09 bits per heavy atom. The molecule has 0 radical (unpaired) electrons. The van der Waals surface area contributed by atoms with Crippen LogP contribution in [-0.4, -0.2) is 58.4 Å². The highest BCUT2D eigenvalue weighted by Crippen LogP contribution is 2.23. The average Bonchev–Trinajstić information content (AvgIpc) is 2.90. The summed E-state index contributed by atoms with van der Waals surface area (Å²) in [6.07, 6.45) is 0. The molecule has 3 rings (SSSR count). The molecule has 0 aliphatic carbocycles. The Labute approximate surface area is 138 Å². The second kappa shape index (κ2) is 7.32. The van der Waals surface area contributed by atoms with Gasteiger partial charge in [-0.1, -0.05) is 35.5 Å². The van der Waals surface area contributed by atoms with Crippen LogP contribution in [0.5, 0.6) is 0 Å². The Hall–Kier alpha value is -1.28. The van der Waals surface area contributed by atoms with E-state index in [1.54, 1.807) is 11.8 Å². The largest absolute Gasteiger partial charge is 0.379 e. The monoisotopic (exact) mass is 339 g/mol. The van der Waals surface area contributed by atoms with Crippen LogP contribution in [0.4, 0.5) is 0 Å². The first-order chi connectivity index (χ1) is 10.7. The van der Waals surface area contributed by atoms with E-state index in [9.17, 15) is 0 Å². The Morgan fingerprint density at radius 3 is 2.86 bits per heavy atom. The van der Waals surface area contributed by atoms with Crippen molar-refractivity contribution in [2.24, 2.45) is 0 Å². The Morgan fingerprint density at radius 1 is 1.27 bits per heavy atom. The van der Waals surface area contributed by atoms with Gasteiger partial charge in [0.2, 0.25) is 5.16 Å². The Bertz CT molecular complexity index is 629. The third kappa shape index (κ3) is 3.73. The molecule has 1 aliphatic heterocycles. The minimum atomic E-state index is 0.622. The fraction of sp³-hybridized carbons (Fsp3) is 0.429. The molecule has 1 aliphatic rings. The molecule has 0 unspecified atom stereocenters. The first-order valence-corrected chi connectivity index (χ1v) is 8.50. The first kappa shape index (κ1) is 15.6. The van der Waals surface area contributed by atoms with E-state index in [1.807, 2.05) is 24.3 Å². The number of hydrogen-bond acceptors (Lipinski definition) is 6. The highest BCUT2D eigenvalue weighted by molar-refractivity contribution is 7.99. The van der Waals surface area contributed by atoms with Crippen molar-refractivity contribution in [3.05, 3.63) is 29.3 Å². The molecule has 2 N–H and O–H groups in total. The van der Waals surface area contributed by atoms with E-state index < -0.39 is 0 Å². The number of morpholine rings is 1. The second-order valence-corrected chi connectivity index (χ2v) is 6.49. The highest BCUT2D eigenvalue weighted by atomic mass is 35.5. The second-order valence-electron chi connectivity index (χ2n) is 4.99. The summed E-state index contributed by atoms with van der Waals surface area (Å²) < 4.78 is 6.86. The topological polar surface area (TPSA) is 69.2 Å². The maximum atomic E-state index is 6.10. The van der Waals surface area contributed by atoms with Crippen molar-refractivity contribution >= 4 is 23.4 Å². The van der Waals surface area contributed by atoms with Crippen molar-refractivity contribution in [1.82, 2.24) is 19.8 Å². The van der Waals surface area contributed by atoms with Crippen LogP contribution in [0.3, 0.4) is 0 Å². The molecule has 0 spiro atoms. The van der Waals surface area contributed by atoms with Crippen LogP contribution >= 0.6 is 23.4 Å². The molecule has 1 aromatic heterocycles. The lowest BCUT2D eigenvalue weighted by Crippen LogP contribution is -2.37. The minimum absolute atomic E-state index is 0.622. The molecule has 6 nitrogen and oxygen atoms in total. The van der Waals surface area contributed by atoms with Gasteiger partial charge < -0.3 is 10.6 Å². The predicted octanol–water partition coefficient (Wildman–Crippen LogP) is 1.74. The minimum Gasteiger partial charge on any atom is -0.379 e. The van der Waals surface area contributed by atoms with Gasteiger partial charge in [-0.3, -0.25) is 4.90 Å². The number of rotatable bonds is 5. The number of nitrogens with zero attached hydrogens (tertiary/aromatic N) is 4. The van der Waals surface area contributed by atoms with Gasteiger partial charge in [-0.05, 0) is 12.1 Å². The van der Waals surface area contributed by atoms with Gasteiger partial charge in [0.15, 0.2) is 5.82 Å². The van der Waals surface area contributed by atoms with E-state index in [1.165, 1.54) is 4.68 Å². The number of aromatic nitrogens is 3. The molecular weight excluding hydrogens is 322 g/mol. The maximum Gasteiger partial charge on any atom is 0.210 e. The lowest BCUT2D eigenvalue weighted by molar-refractivity contribution is 0.0410. The van der Waals surface area contributed by atoms with Crippen LogP contribution in [0.25, 0.3) is 11.4 Å². The molecule has 1 fully saturated rings. The molecule has 0 amide bonds. The quantitative estimate of drug-likeness (QED) is 0.661. The van der Waals surface area contributed by atoms with Crippen LogP contribution in [0.1, 0.15) is 0 Å². The van der Waals surface area contributed by atoms with Crippen LogP contribution in [0.2, 0.25) is 5.02 Å². The summed E-state index contributed by atoms with van der Waals surface area (Å²) in [7, 11) is 0. The normalized spacial score (nSPS) is 16.0. The fourth-order valence-electron chi connectivity index (χ4n) is 2.29. The lowest BCUT2D eigenvalue weighted by atomic mass is 10.2. The summed E-state index contributed by atoms with van der Waals surface area (Å²) in [5.74, 6) is 7.64. The highest BCUT2D eigenvalue weighted by Gasteiger charge is 2.14. The first-order valence-electron chi connectivity index (χ1n) is 7.13. The zero-order valence-electron chi connectivity index (χ0n) is 12.1. The summed E-state index contributed by atoms with van der Waals surface area (Å²) in [4.78, 5) is 2.38. The molecule has 118 valence electrons. The van der Waals surface area contributed by atoms with Gasteiger partial charge >= 0.3 is 0 Å².